The van der Waals surface area contributed by atoms with Gasteiger partial charge in [-0.15, -0.1) is 0 Å². The maximum Gasteiger partial charge on any atom is 0.212 e. The molecule has 0 amide bonds. The van der Waals surface area contributed by atoms with Crippen molar-refractivity contribution in [1.29, 1.82) is 0 Å². The van der Waals surface area contributed by atoms with Crippen LogP contribution in [-0.2, 0) is 16.1 Å². The number of hydrogen-bond acceptors (Lipinski definition) is 7. The summed E-state index contributed by atoms with van der Waals surface area (Å²) in [5.41, 5.74) is 6.18. The molecule has 32 heavy (non-hydrogen) atoms. The van der Waals surface area contributed by atoms with Crippen molar-refractivity contribution in [3.05, 3.63) is 65.2 Å². The molecule has 1 atom stereocenters. The highest BCUT2D eigenvalue weighted by atomic mass is 16.7. The van der Waals surface area contributed by atoms with E-state index in [0.717, 1.165) is 45.0 Å². The minimum Gasteiger partial charge on any atom is -0.488 e. The van der Waals surface area contributed by atoms with Gasteiger partial charge in [0.2, 0.25) is 11.5 Å². The van der Waals surface area contributed by atoms with Crippen molar-refractivity contribution < 1.29 is 23.3 Å². The van der Waals surface area contributed by atoms with Gasteiger partial charge in [-0.2, -0.15) is 0 Å². The van der Waals surface area contributed by atoms with Crippen molar-refractivity contribution in [3.63, 3.8) is 0 Å². The summed E-state index contributed by atoms with van der Waals surface area (Å²) in [6, 6.07) is 15.9. The summed E-state index contributed by atoms with van der Waals surface area (Å²) in [5, 5.41) is 8.62. The Morgan fingerprint density at radius 3 is 2.50 bits per heavy atom. The fraction of sp³-hybridized carbons (Fsp3) is 0.280. The van der Waals surface area contributed by atoms with E-state index in [4.69, 9.17) is 23.3 Å². The van der Waals surface area contributed by atoms with Crippen LogP contribution in [0.1, 0.15) is 36.6 Å². The molecule has 0 bridgehead atoms. The molecule has 0 saturated carbocycles. The molecule has 4 heterocycles. The van der Waals surface area contributed by atoms with Crippen LogP contribution in [0.2, 0.25) is 0 Å². The number of nitrogens with zero attached hydrogens (tertiary/aromatic N) is 2. The molecule has 0 spiro atoms. The fourth-order valence-corrected chi connectivity index (χ4v) is 4.30. The molecule has 1 unspecified atom stereocenters. The van der Waals surface area contributed by atoms with Crippen LogP contribution < -0.4 is 4.74 Å². The van der Waals surface area contributed by atoms with E-state index in [9.17, 15) is 0 Å². The van der Waals surface area contributed by atoms with Gasteiger partial charge in [-0.05, 0) is 38.5 Å². The Morgan fingerprint density at radius 2 is 1.72 bits per heavy atom. The normalized spacial score (nSPS) is 18.8. The maximum atomic E-state index is 6.10. The van der Waals surface area contributed by atoms with E-state index in [1.165, 1.54) is 0 Å². The van der Waals surface area contributed by atoms with Crippen LogP contribution >= 0.6 is 0 Å². The molecular weight excluding hydrogens is 408 g/mol. The summed E-state index contributed by atoms with van der Waals surface area (Å²) in [7, 11) is 0. The highest BCUT2D eigenvalue weighted by molar-refractivity contribution is 5.79. The Balaban J connectivity index is 1.35. The molecule has 7 nitrogen and oxygen atoms in total. The van der Waals surface area contributed by atoms with E-state index in [-0.39, 0.29) is 6.10 Å². The summed E-state index contributed by atoms with van der Waals surface area (Å²) in [4.78, 5) is 0. The van der Waals surface area contributed by atoms with Crippen LogP contribution in [0.4, 0.5) is 0 Å². The van der Waals surface area contributed by atoms with E-state index in [1.54, 1.807) is 0 Å². The van der Waals surface area contributed by atoms with E-state index in [0.29, 0.717) is 24.7 Å². The SMILES string of the molecule is Cc1c(-c2ccccc2)noc1-c1onc2c1COc1cc(C3COC(C)(C)O3)ccc1-2. The van der Waals surface area contributed by atoms with Crippen molar-refractivity contribution in [3.8, 4) is 39.8 Å². The van der Waals surface area contributed by atoms with Gasteiger partial charge in [0.15, 0.2) is 5.79 Å². The van der Waals surface area contributed by atoms with Gasteiger partial charge < -0.3 is 23.3 Å². The first kappa shape index (κ1) is 19.3. The van der Waals surface area contributed by atoms with E-state index in [1.807, 2.05) is 69.3 Å². The monoisotopic (exact) mass is 430 g/mol. The van der Waals surface area contributed by atoms with Gasteiger partial charge in [-0.3, -0.25) is 0 Å². The highest BCUT2D eigenvalue weighted by Gasteiger charge is 2.35. The Morgan fingerprint density at radius 1 is 0.938 bits per heavy atom. The van der Waals surface area contributed by atoms with Crippen molar-refractivity contribution in [1.82, 2.24) is 10.3 Å². The molecule has 162 valence electrons. The predicted molar refractivity (Wildman–Crippen MR) is 116 cm³/mol. The van der Waals surface area contributed by atoms with Crippen LogP contribution in [0.25, 0.3) is 34.0 Å². The maximum absolute atomic E-state index is 6.10. The Hall–Kier alpha value is -3.42. The molecule has 0 aliphatic carbocycles. The van der Waals surface area contributed by atoms with Crippen LogP contribution in [-0.4, -0.2) is 22.7 Å². The number of hydrogen-bond donors (Lipinski definition) is 0. The minimum absolute atomic E-state index is 0.124. The zero-order valence-electron chi connectivity index (χ0n) is 18.0. The smallest absolute Gasteiger partial charge is 0.212 e. The standard InChI is InChI=1S/C25H22N2O5/c1-14-21(15-7-5-4-6-8-15)26-31-23(14)24-18-12-28-19-11-16(20-13-29-25(2,3)30-20)9-10-17(19)22(18)27-32-24/h4-11,20H,12-13H2,1-3H3. The lowest BCUT2D eigenvalue weighted by Gasteiger charge is -2.20. The molecule has 0 radical (unpaired) electrons. The molecule has 2 aromatic heterocycles. The summed E-state index contributed by atoms with van der Waals surface area (Å²) in [5.74, 6) is 1.29. The van der Waals surface area contributed by atoms with Crippen LogP contribution in [0, 0.1) is 6.92 Å². The van der Waals surface area contributed by atoms with Crippen molar-refractivity contribution in [2.24, 2.45) is 0 Å². The molecule has 0 N–H and O–H groups in total. The lowest BCUT2D eigenvalue weighted by atomic mass is 9.98. The first-order valence-corrected chi connectivity index (χ1v) is 10.6. The third-order valence-corrected chi connectivity index (χ3v) is 5.98. The van der Waals surface area contributed by atoms with Gasteiger partial charge in [0.1, 0.15) is 29.8 Å². The molecule has 4 aromatic rings. The Labute approximate surface area is 184 Å². The number of ether oxygens (including phenoxy) is 3. The first-order chi connectivity index (χ1) is 15.5. The molecular formula is C25H22N2O5. The molecule has 1 saturated heterocycles. The van der Waals surface area contributed by atoms with Gasteiger partial charge in [0.25, 0.3) is 0 Å². The highest BCUT2D eigenvalue weighted by Crippen LogP contribution is 2.44. The lowest BCUT2D eigenvalue weighted by molar-refractivity contribution is -0.139. The van der Waals surface area contributed by atoms with Crippen molar-refractivity contribution in [2.75, 3.05) is 6.61 Å². The van der Waals surface area contributed by atoms with E-state index in [2.05, 4.69) is 10.3 Å². The number of rotatable bonds is 3. The summed E-state index contributed by atoms with van der Waals surface area (Å²) in [6.45, 7) is 6.65. The summed E-state index contributed by atoms with van der Waals surface area (Å²) < 4.78 is 29.2. The third-order valence-electron chi connectivity index (χ3n) is 5.98. The number of benzene rings is 2. The first-order valence-electron chi connectivity index (χ1n) is 10.6. The zero-order valence-corrected chi connectivity index (χ0v) is 18.0. The minimum atomic E-state index is -0.580. The van der Waals surface area contributed by atoms with Gasteiger partial charge in [-0.1, -0.05) is 46.7 Å². The van der Waals surface area contributed by atoms with Gasteiger partial charge in [0.05, 0.1) is 12.2 Å². The molecule has 2 aromatic carbocycles. The van der Waals surface area contributed by atoms with Gasteiger partial charge in [-0.25, -0.2) is 0 Å². The van der Waals surface area contributed by atoms with E-state index >= 15 is 0 Å². The van der Waals surface area contributed by atoms with Crippen LogP contribution in [0.15, 0.2) is 57.6 Å². The van der Waals surface area contributed by atoms with Crippen LogP contribution in [0.5, 0.6) is 5.75 Å². The average Bonchev–Trinajstić information content (AvgIpc) is 3.50. The second kappa shape index (κ2) is 7.05. The third kappa shape index (κ3) is 3.04. The second-order valence-corrected chi connectivity index (χ2v) is 8.55. The quantitative estimate of drug-likeness (QED) is 0.413. The zero-order chi connectivity index (χ0) is 21.9. The summed E-state index contributed by atoms with van der Waals surface area (Å²) in [6.07, 6.45) is -0.124. The molecule has 6 rings (SSSR count). The molecule has 1 fully saturated rings. The Bertz CT molecular complexity index is 1310. The molecule has 2 aliphatic heterocycles. The van der Waals surface area contributed by atoms with Crippen molar-refractivity contribution in [2.45, 2.75) is 39.3 Å². The fourth-order valence-electron chi connectivity index (χ4n) is 4.30. The number of aromatic nitrogens is 2. The number of fused-ring (bicyclic) bond motifs is 3. The van der Waals surface area contributed by atoms with Gasteiger partial charge in [0, 0.05) is 16.7 Å². The van der Waals surface area contributed by atoms with Crippen LogP contribution in [0.3, 0.4) is 0 Å². The Kier molecular flexibility index (Phi) is 4.25. The lowest BCUT2D eigenvalue weighted by Crippen LogP contribution is -2.19. The molecule has 7 heteroatoms. The largest absolute Gasteiger partial charge is 0.488 e. The second-order valence-electron chi connectivity index (χ2n) is 8.55. The average molecular weight is 430 g/mol. The topological polar surface area (TPSA) is 79.8 Å². The van der Waals surface area contributed by atoms with Crippen molar-refractivity contribution >= 4 is 0 Å². The predicted octanol–water partition coefficient (Wildman–Crippen LogP) is 5.69. The van der Waals surface area contributed by atoms with E-state index < -0.39 is 5.79 Å². The molecule has 2 aliphatic rings. The summed E-state index contributed by atoms with van der Waals surface area (Å²) >= 11 is 0. The van der Waals surface area contributed by atoms with Gasteiger partial charge >= 0.3 is 0 Å².